The van der Waals surface area contributed by atoms with Crippen molar-refractivity contribution in [1.82, 2.24) is 10.2 Å². The summed E-state index contributed by atoms with van der Waals surface area (Å²) in [7, 11) is 5.20. The van der Waals surface area contributed by atoms with E-state index in [0.717, 1.165) is 43.0 Å². The standard InChI is InChI=1S/C20H33N3O2/c1-15-8-7-11-23(13-15)19(21-4)22-14-20(2,3)16-9-10-17(24-5)18(12-16)25-6/h9-10,12,15H,7-8,11,13-14H2,1-6H3,(H,21,22). The summed E-state index contributed by atoms with van der Waals surface area (Å²) in [6, 6.07) is 6.14. The van der Waals surface area contributed by atoms with Crippen molar-refractivity contribution in [2.45, 2.75) is 39.0 Å². The Balaban J connectivity index is 2.07. The molecule has 0 amide bonds. The molecule has 1 fully saturated rings. The lowest BCUT2D eigenvalue weighted by Gasteiger charge is -2.35. The van der Waals surface area contributed by atoms with Crippen LogP contribution >= 0.6 is 0 Å². The van der Waals surface area contributed by atoms with E-state index in [1.165, 1.54) is 18.4 Å². The summed E-state index contributed by atoms with van der Waals surface area (Å²) >= 11 is 0. The van der Waals surface area contributed by atoms with Gasteiger partial charge in [-0.15, -0.1) is 0 Å². The van der Waals surface area contributed by atoms with Crippen LogP contribution in [0.5, 0.6) is 11.5 Å². The van der Waals surface area contributed by atoms with E-state index in [4.69, 9.17) is 9.47 Å². The second-order valence-corrected chi connectivity index (χ2v) is 7.55. The number of guanidine groups is 1. The molecule has 0 aliphatic carbocycles. The number of hydrogen-bond acceptors (Lipinski definition) is 3. The molecule has 1 unspecified atom stereocenters. The van der Waals surface area contributed by atoms with Gasteiger partial charge in [0.25, 0.3) is 0 Å². The van der Waals surface area contributed by atoms with E-state index in [-0.39, 0.29) is 5.41 Å². The average Bonchev–Trinajstić information content (AvgIpc) is 2.61. The molecule has 0 spiro atoms. The molecule has 0 radical (unpaired) electrons. The number of nitrogens with one attached hydrogen (secondary N) is 1. The number of benzene rings is 1. The first-order valence-corrected chi connectivity index (χ1v) is 9.09. The van der Waals surface area contributed by atoms with E-state index < -0.39 is 0 Å². The highest BCUT2D eigenvalue weighted by Crippen LogP contribution is 2.33. The maximum atomic E-state index is 5.45. The fraction of sp³-hybridized carbons (Fsp3) is 0.650. The summed E-state index contributed by atoms with van der Waals surface area (Å²) in [5.41, 5.74) is 1.15. The Morgan fingerprint density at radius 3 is 2.60 bits per heavy atom. The van der Waals surface area contributed by atoms with E-state index in [2.05, 4.69) is 48.1 Å². The van der Waals surface area contributed by atoms with Crippen molar-refractivity contribution in [2.24, 2.45) is 10.9 Å². The van der Waals surface area contributed by atoms with Crippen LogP contribution in [0, 0.1) is 5.92 Å². The first-order valence-electron chi connectivity index (χ1n) is 9.09. The molecular weight excluding hydrogens is 314 g/mol. The number of nitrogens with zero attached hydrogens (tertiary/aromatic N) is 2. The van der Waals surface area contributed by atoms with E-state index in [9.17, 15) is 0 Å². The van der Waals surface area contributed by atoms with Crippen LogP contribution < -0.4 is 14.8 Å². The third-order valence-electron chi connectivity index (χ3n) is 5.02. The largest absolute Gasteiger partial charge is 0.493 e. The van der Waals surface area contributed by atoms with Crippen LogP contribution in [0.4, 0.5) is 0 Å². The molecule has 1 aliphatic rings. The molecule has 0 saturated carbocycles. The Morgan fingerprint density at radius 2 is 2.00 bits per heavy atom. The quantitative estimate of drug-likeness (QED) is 0.656. The number of hydrogen-bond donors (Lipinski definition) is 1. The second-order valence-electron chi connectivity index (χ2n) is 7.55. The molecule has 1 atom stereocenters. The number of piperidine rings is 1. The van der Waals surface area contributed by atoms with Crippen molar-refractivity contribution in [3.05, 3.63) is 23.8 Å². The van der Waals surface area contributed by atoms with Crippen molar-refractivity contribution in [1.29, 1.82) is 0 Å². The number of ether oxygens (including phenoxy) is 2. The fourth-order valence-electron chi connectivity index (χ4n) is 3.37. The van der Waals surface area contributed by atoms with Crippen molar-refractivity contribution >= 4 is 5.96 Å². The summed E-state index contributed by atoms with van der Waals surface area (Å²) in [4.78, 5) is 6.86. The normalized spacial score (nSPS) is 18.9. The Morgan fingerprint density at radius 1 is 1.28 bits per heavy atom. The van der Waals surface area contributed by atoms with Crippen molar-refractivity contribution in [3.8, 4) is 11.5 Å². The third kappa shape index (κ3) is 4.80. The molecular formula is C20H33N3O2. The smallest absolute Gasteiger partial charge is 0.193 e. The number of aliphatic imine (C=N–C) groups is 1. The molecule has 1 aromatic rings. The van der Waals surface area contributed by atoms with E-state index >= 15 is 0 Å². The summed E-state index contributed by atoms with van der Waals surface area (Å²) in [5.74, 6) is 3.25. The lowest BCUT2D eigenvalue weighted by molar-refractivity contribution is 0.264. The molecule has 5 nitrogen and oxygen atoms in total. The van der Waals surface area contributed by atoms with Crippen LogP contribution in [-0.2, 0) is 5.41 Å². The minimum atomic E-state index is -0.0586. The predicted octanol–water partition coefficient (Wildman–Crippen LogP) is 3.29. The van der Waals surface area contributed by atoms with Crippen LogP contribution in [0.15, 0.2) is 23.2 Å². The minimum absolute atomic E-state index is 0.0586. The van der Waals surface area contributed by atoms with Gasteiger partial charge in [0, 0.05) is 32.1 Å². The van der Waals surface area contributed by atoms with Gasteiger partial charge in [-0.1, -0.05) is 26.8 Å². The molecule has 140 valence electrons. The summed E-state index contributed by atoms with van der Waals surface area (Å²) in [5, 5.41) is 3.57. The first kappa shape index (κ1) is 19.4. The van der Waals surface area contributed by atoms with E-state index in [1.54, 1.807) is 14.2 Å². The number of likely N-dealkylation sites (tertiary alicyclic amines) is 1. The average molecular weight is 348 g/mol. The Labute approximate surface area is 152 Å². The SMILES string of the molecule is CN=C(NCC(C)(C)c1ccc(OC)c(OC)c1)N1CCCC(C)C1. The molecule has 1 N–H and O–H groups in total. The van der Waals surface area contributed by atoms with Crippen LogP contribution in [-0.4, -0.2) is 51.8 Å². The van der Waals surface area contributed by atoms with Gasteiger partial charge < -0.3 is 19.7 Å². The lowest BCUT2D eigenvalue weighted by Crippen LogP contribution is -2.49. The highest BCUT2D eigenvalue weighted by Gasteiger charge is 2.25. The van der Waals surface area contributed by atoms with Gasteiger partial charge in [0.1, 0.15) is 0 Å². The van der Waals surface area contributed by atoms with Crippen LogP contribution in [0.1, 0.15) is 39.2 Å². The van der Waals surface area contributed by atoms with Gasteiger partial charge in [-0.3, -0.25) is 4.99 Å². The molecule has 2 rings (SSSR count). The van der Waals surface area contributed by atoms with Gasteiger partial charge in [0.05, 0.1) is 14.2 Å². The Hall–Kier alpha value is -1.91. The summed E-state index contributed by atoms with van der Waals surface area (Å²) in [6.07, 6.45) is 2.55. The zero-order valence-electron chi connectivity index (χ0n) is 16.6. The second kappa shape index (κ2) is 8.45. The Bertz CT molecular complexity index is 599. The van der Waals surface area contributed by atoms with Gasteiger partial charge in [0.2, 0.25) is 0 Å². The molecule has 1 aliphatic heterocycles. The van der Waals surface area contributed by atoms with E-state index in [1.807, 2.05) is 13.1 Å². The van der Waals surface area contributed by atoms with Crippen LogP contribution in [0.25, 0.3) is 0 Å². The van der Waals surface area contributed by atoms with Crippen molar-refractivity contribution < 1.29 is 9.47 Å². The lowest BCUT2D eigenvalue weighted by atomic mass is 9.84. The molecule has 25 heavy (non-hydrogen) atoms. The zero-order chi connectivity index (χ0) is 18.4. The summed E-state index contributed by atoms with van der Waals surface area (Å²) < 4.78 is 10.8. The number of methoxy groups -OCH3 is 2. The molecule has 0 aromatic heterocycles. The molecule has 5 heteroatoms. The molecule has 1 aromatic carbocycles. The highest BCUT2D eigenvalue weighted by atomic mass is 16.5. The maximum Gasteiger partial charge on any atom is 0.193 e. The van der Waals surface area contributed by atoms with Gasteiger partial charge in [-0.05, 0) is 36.5 Å². The number of rotatable bonds is 5. The fourth-order valence-corrected chi connectivity index (χ4v) is 3.37. The van der Waals surface area contributed by atoms with Crippen molar-refractivity contribution in [2.75, 3.05) is 40.9 Å². The maximum absolute atomic E-state index is 5.45. The third-order valence-corrected chi connectivity index (χ3v) is 5.02. The molecule has 1 heterocycles. The summed E-state index contributed by atoms with van der Waals surface area (Å²) in [6.45, 7) is 9.74. The van der Waals surface area contributed by atoms with Crippen molar-refractivity contribution in [3.63, 3.8) is 0 Å². The molecule has 0 bridgehead atoms. The highest BCUT2D eigenvalue weighted by molar-refractivity contribution is 5.80. The first-order chi connectivity index (χ1) is 11.9. The monoisotopic (exact) mass is 347 g/mol. The minimum Gasteiger partial charge on any atom is -0.493 e. The topological polar surface area (TPSA) is 46.1 Å². The predicted molar refractivity (Wildman–Crippen MR) is 104 cm³/mol. The molecule has 1 saturated heterocycles. The van der Waals surface area contributed by atoms with Gasteiger partial charge in [-0.2, -0.15) is 0 Å². The van der Waals surface area contributed by atoms with Gasteiger partial charge in [0.15, 0.2) is 17.5 Å². The van der Waals surface area contributed by atoms with Crippen LogP contribution in [0.2, 0.25) is 0 Å². The van der Waals surface area contributed by atoms with E-state index in [0.29, 0.717) is 0 Å². The van der Waals surface area contributed by atoms with Gasteiger partial charge in [-0.25, -0.2) is 0 Å². The zero-order valence-corrected chi connectivity index (χ0v) is 16.6. The Kier molecular flexibility index (Phi) is 6.57. The van der Waals surface area contributed by atoms with Crippen LogP contribution in [0.3, 0.4) is 0 Å². The van der Waals surface area contributed by atoms with Gasteiger partial charge >= 0.3 is 0 Å².